The van der Waals surface area contributed by atoms with E-state index in [9.17, 15) is 9.59 Å². The number of hydrogen-bond donors (Lipinski definition) is 1. The van der Waals surface area contributed by atoms with Crippen molar-refractivity contribution in [3.8, 4) is 0 Å². The molecule has 0 atom stereocenters. The molecule has 0 radical (unpaired) electrons. The molecule has 8 heteroatoms. The van der Waals surface area contributed by atoms with Crippen LogP contribution < -0.4 is 10.2 Å². The van der Waals surface area contributed by atoms with E-state index in [-0.39, 0.29) is 0 Å². The smallest absolute Gasteiger partial charge is 0.258 e. The van der Waals surface area contributed by atoms with Gasteiger partial charge < -0.3 is 23.8 Å². The topological polar surface area (TPSA) is 86.3 Å². The van der Waals surface area contributed by atoms with Gasteiger partial charge in [0.2, 0.25) is 0 Å². The number of nitrogens with zero attached hydrogens (tertiary/aromatic N) is 1. The number of amides is 2. The summed E-state index contributed by atoms with van der Waals surface area (Å²) in [6.45, 7) is 5.67. The Morgan fingerprint density at radius 2 is 1.03 bits per heavy atom. The number of imide groups is 1. The van der Waals surface area contributed by atoms with Gasteiger partial charge in [0.25, 0.3) is 11.8 Å². The fourth-order valence-corrected chi connectivity index (χ4v) is 3.14. The number of carbonyl (C=O) groups excluding carboxylic acids is 2. The number of anilines is 1. The standard InChI is InChI=1S/C24H30N2O6/c27-23(20-4-2-1-3-5-20)25-24(28)21-6-8-22(9-7-21)26-10-12-29-14-16-31-18-19-32-17-15-30-13-11-26/h1-9H,10-19H2,(H,25,27,28). The van der Waals surface area contributed by atoms with Gasteiger partial charge >= 0.3 is 0 Å². The number of ether oxygens (including phenoxy) is 4. The molecule has 1 aliphatic rings. The lowest BCUT2D eigenvalue weighted by Crippen LogP contribution is -2.32. The lowest BCUT2D eigenvalue weighted by molar-refractivity contribution is 0.00206. The van der Waals surface area contributed by atoms with Crippen LogP contribution in [0.3, 0.4) is 0 Å². The zero-order valence-electron chi connectivity index (χ0n) is 18.2. The molecule has 1 saturated heterocycles. The van der Waals surface area contributed by atoms with Crippen LogP contribution in [0.5, 0.6) is 0 Å². The minimum absolute atomic E-state index is 0.415. The quantitative estimate of drug-likeness (QED) is 0.729. The Labute approximate surface area is 188 Å². The van der Waals surface area contributed by atoms with Crippen molar-refractivity contribution in [2.75, 3.05) is 70.8 Å². The van der Waals surface area contributed by atoms with E-state index in [4.69, 9.17) is 18.9 Å². The minimum Gasteiger partial charge on any atom is -0.377 e. The van der Waals surface area contributed by atoms with E-state index in [1.165, 1.54) is 0 Å². The number of carbonyl (C=O) groups is 2. The first kappa shape index (κ1) is 23.9. The number of rotatable bonds is 3. The Hall–Kier alpha value is -2.78. The van der Waals surface area contributed by atoms with Crippen LogP contribution in [-0.4, -0.2) is 77.8 Å². The first-order valence-electron chi connectivity index (χ1n) is 10.8. The van der Waals surface area contributed by atoms with Gasteiger partial charge in [-0.2, -0.15) is 0 Å². The molecule has 8 nitrogen and oxygen atoms in total. The van der Waals surface area contributed by atoms with Gasteiger partial charge in [-0.05, 0) is 36.4 Å². The molecule has 3 rings (SSSR count). The van der Waals surface area contributed by atoms with Gasteiger partial charge in [-0.25, -0.2) is 0 Å². The van der Waals surface area contributed by atoms with Crippen molar-refractivity contribution in [1.82, 2.24) is 5.32 Å². The molecule has 1 N–H and O–H groups in total. The highest BCUT2D eigenvalue weighted by molar-refractivity contribution is 6.10. The highest BCUT2D eigenvalue weighted by Crippen LogP contribution is 2.15. The number of hydrogen-bond acceptors (Lipinski definition) is 7. The third-order valence-corrected chi connectivity index (χ3v) is 4.88. The van der Waals surface area contributed by atoms with Crippen molar-refractivity contribution in [3.63, 3.8) is 0 Å². The molecule has 0 bridgehead atoms. The van der Waals surface area contributed by atoms with Crippen molar-refractivity contribution in [2.24, 2.45) is 0 Å². The monoisotopic (exact) mass is 442 g/mol. The zero-order valence-corrected chi connectivity index (χ0v) is 18.2. The summed E-state index contributed by atoms with van der Waals surface area (Å²) in [6, 6.07) is 15.8. The summed E-state index contributed by atoms with van der Waals surface area (Å²) in [4.78, 5) is 26.8. The van der Waals surface area contributed by atoms with Gasteiger partial charge in [0.1, 0.15) is 0 Å². The predicted molar refractivity (Wildman–Crippen MR) is 120 cm³/mol. The maximum Gasteiger partial charge on any atom is 0.258 e. The third-order valence-electron chi connectivity index (χ3n) is 4.88. The summed E-state index contributed by atoms with van der Waals surface area (Å²) in [7, 11) is 0. The molecule has 0 spiro atoms. The van der Waals surface area contributed by atoms with E-state index < -0.39 is 11.8 Å². The third kappa shape index (κ3) is 8.05. The lowest BCUT2D eigenvalue weighted by atomic mass is 10.1. The van der Waals surface area contributed by atoms with Crippen LogP contribution in [0.4, 0.5) is 5.69 Å². The summed E-state index contributed by atoms with van der Waals surface area (Å²) < 4.78 is 22.2. The van der Waals surface area contributed by atoms with Crippen LogP contribution in [-0.2, 0) is 18.9 Å². The van der Waals surface area contributed by atoms with Gasteiger partial charge in [0, 0.05) is 29.9 Å². The Kier molecular flexibility index (Phi) is 10.1. The SMILES string of the molecule is O=C(NC(=O)c1ccc(N2CCOCCOCCOCCOCC2)cc1)c1ccccc1. The molecular weight excluding hydrogens is 412 g/mol. The Balaban J connectivity index is 1.57. The minimum atomic E-state index is -0.436. The molecule has 2 aromatic carbocycles. The molecule has 0 saturated carbocycles. The number of nitrogens with one attached hydrogen (secondary N) is 1. The average molecular weight is 443 g/mol. The maximum atomic E-state index is 12.5. The largest absolute Gasteiger partial charge is 0.377 e. The van der Waals surface area contributed by atoms with Crippen LogP contribution in [0.2, 0.25) is 0 Å². The predicted octanol–water partition coefficient (Wildman–Crippen LogP) is 2.14. The number of benzene rings is 2. The van der Waals surface area contributed by atoms with Gasteiger partial charge in [0.15, 0.2) is 0 Å². The molecule has 1 fully saturated rings. The highest BCUT2D eigenvalue weighted by Gasteiger charge is 2.13. The maximum absolute atomic E-state index is 12.5. The van der Waals surface area contributed by atoms with Crippen molar-refractivity contribution < 1.29 is 28.5 Å². The van der Waals surface area contributed by atoms with Gasteiger partial charge in [-0.3, -0.25) is 14.9 Å². The molecule has 172 valence electrons. The van der Waals surface area contributed by atoms with Gasteiger partial charge in [0.05, 0.1) is 52.9 Å². The van der Waals surface area contributed by atoms with E-state index in [2.05, 4.69) is 10.2 Å². The van der Waals surface area contributed by atoms with Crippen molar-refractivity contribution >= 4 is 17.5 Å². The van der Waals surface area contributed by atoms with Crippen LogP contribution in [0.1, 0.15) is 20.7 Å². The summed E-state index contributed by atoms with van der Waals surface area (Å²) in [5.41, 5.74) is 1.80. The Bertz CT molecular complexity index is 812. The molecule has 0 aliphatic carbocycles. The summed E-state index contributed by atoms with van der Waals surface area (Å²) >= 11 is 0. The first-order chi connectivity index (χ1) is 15.7. The second-order valence-electron chi connectivity index (χ2n) is 7.13. The van der Waals surface area contributed by atoms with Gasteiger partial charge in [-0.15, -0.1) is 0 Å². The van der Waals surface area contributed by atoms with Crippen molar-refractivity contribution in [2.45, 2.75) is 0 Å². The van der Waals surface area contributed by atoms with E-state index >= 15 is 0 Å². The van der Waals surface area contributed by atoms with Crippen LogP contribution in [0.15, 0.2) is 54.6 Å². The second-order valence-corrected chi connectivity index (χ2v) is 7.13. The van der Waals surface area contributed by atoms with E-state index in [1.807, 2.05) is 18.2 Å². The van der Waals surface area contributed by atoms with E-state index in [0.29, 0.717) is 77.1 Å². The normalized spacial score (nSPS) is 17.1. The molecule has 1 aliphatic heterocycles. The molecule has 0 unspecified atom stereocenters. The highest BCUT2D eigenvalue weighted by atomic mass is 16.6. The first-order valence-corrected chi connectivity index (χ1v) is 10.8. The lowest BCUT2D eigenvalue weighted by Gasteiger charge is -2.25. The molecule has 0 aromatic heterocycles. The van der Waals surface area contributed by atoms with E-state index in [1.54, 1.807) is 36.4 Å². The van der Waals surface area contributed by atoms with Crippen LogP contribution in [0, 0.1) is 0 Å². The van der Waals surface area contributed by atoms with Gasteiger partial charge in [-0.1, -0.05) is 18.2 Å². The van der Waals surface area contributed by atoms with E-state index in [0.717, 1.165) is 5.69 Å². The van der Waals surface area contributed by atoms with Crippen molar-refractivity contribution in [3.05, 3.63) is 65.7 Å². The fourth-order valence-electron chi connectivity index (χ4n) is 3.14. The summed E-state index contributed by atoms with van der Waals surface area (Å²) in [5.74, 6) is -0.860. The van der Waals surface area contributed by atoms with Crippen LogP contribution >= 0.6 is 0 Å². The Morgan fingerprint density at radius 3 is 1.53 bits per heavy atom. The van der Waals surface area contributed by atoms with Crippen LogP contribution in [0.25, 0.3) is 0 Å². The fraction of sp³-hybridized carbons (Fsp3) is 0.417. The average Bonchev–Trinajstić information content (AvgIpc) is 2.84. The molecule has 32 heavy (non-hydrogen) atoms. The summed E-state index contributed by atoms with van der Waals surface area (Å²) in [5, 5.41) is 2.42. The van der Waals surface area contributed by atoms with Crippen molar-refractivity contribution in [1.29, 1.82) is 0 Å². The molecule has 2 amide bonds. The molecule has 1 heterocycles. The molecule has 2 aromatic rings. The molecular formula is C24H30N2O6. The Morgan fingerprint density at radius 1 is 0.594 bits per heavy atom. The summed E-state index contributed by atoms with van der Waals surface area (Å²) in [6.07, 6.45) is 0. The second kappa shape index (κ2) is 13.6. The zero-order chi connectivity index (χ0) is 22.4.